The molecule has 0 radical (unpaired) electrons. The molecule has 0 spiro atoms. The van der Waals surface area contributed by atoms with Gasteiger partial charge in [0.1, 0.15) is 0 Å². The number of aromatic nitrogens is 2. The summed E-state index contributed by atoms with van der Waals surface area (Å²) in [5.74, 6) is -3.05. The lowest BCUT2D eigenvalue weighted by molar-refractivity contribution is 0.0300. The van der Waals surface area contributed by atoms with E-state index in [1.807, 2.05) is 0 Å². The Balaban J connectivity index is 1.68. The fourth-order valence-corrected chi connectivity index (χ4v) is 3.03. The number of hydrogen-bond acceptors (Lipinski definition) is 4. The number of morpholine rings is 1. The zero-order valence-electron chi connectivity index (χ0n) is 14.7. The number of pyridine rings is 1. The van der Waals surface area contributed by atoms with Crippen LogP contribution in [-0.4, -0.2) is 52.4 Å². The van der Waals surface area contributed by atoms with Crippen LogP contribution in [0.1, 0.15) is 21.1 Å². The van der Waals surface area contributed by atoms with E-state index in [1.165, 1.54) is 10.5 Å². The molecule has 7 nitrogen and oxygen atoms in total. The molecule has 3 heterocycles. The third-order valence-electron chi connectivity index (χ3n) is 4.43. The Kier molecular flexibility index (Phi) is 4.74. The molecule has 0 saturated carbocycles. The summed E-state index contributed by atoms with van der Waals surface area (Å²) in [5, 5.41) is 2.48. The summed E-state index contributed by atoms with van der Waals surface area (Å²) in [6, 6.07) is 8.17. The minimum atomic E-state index is -1.08. The molecular weight excluding hydrogens is 370 g/mol. The zero-order valence-corrected chi connectivity index (χ0v) is 14.7. The third kappa shape index (κ3) is 3.31. The van der Waals surface area contributed by atoms with Crippen molar-refractivity contribution in [2.45, 2.75) is 0 Å². The summed E-state index contributed by atoms with van der Waals surface area (Å²) in [7, 11) is 0. The van der Waals surface area contributed by atoms with Gasteiger partial charge in [0.05, 0.1) is 18.7 Å². The number of amides is 2. The molecule has 0 aliphatic carbocycles. The van der Waals surface area contributed by atoms with Crippen LogP contribution in [0, 0.1) is 11.6 Å². The van der Waals surface area contributed by atoms with Crippen molar-refractivity contribution in [1.29, 1.82) is 0 Å². The van der Waals surface area contributed by atoms with Crippen molar-refractivity contribution in [1.82, 2.24) is 14.3 Å². The molecule has 2 aromatic heterocycles. The molecule has 2 amide bonds. The lowest BCUT2D eigenvalue weighted by atomic mass is 10.3. The van der Waals surface area contributed by atoms with Crippen molar-refractivity contribution < 1.29 is 23.1 Å². The molecule has 0 unspecified atom stereocenters. The van der Waals surface area contributed by atoms with Gasteiger partial charge in [-0.1, -0.05) is 6.07 Å². The van der Waals surface area contributed by atoms with Gasteiger partial charge < -0.3 is 15.0 Å². The molecule has 1 aromatic carbocycles. The molecule has 1 saturated heterocycles. The van der Waals surface area contributed by atoms with Gasteiger partial charge in [-0.2, -0.15) is 0 Å². The number of carbonyl (C=O) groups excluding carboxylic acids is 2. The van der Waals surface area contributed by atoms with Gasteiger partial charge in [-0.3, -0.25) is 14.0 Å². The number of carbonyl (C=O) groups is 2. The lowest BCUT2D eigenvalue weighted by Gasteiger charge is -2.26. The number of rotatable bonds is 3. The number of halogens is 2. The summed E-state index contributed by atoms with van der Waals surface area (Å²) in [6.45, 7) is 1.78. The zero-order chi connectivity index (χ0) is 19.7. The second-order valence-corrected chi connectivity index (χ2v) is 6.23. The Bertz CT molecular complexity index is 1060. The van der Waals surface area contributed by atoms with E-state index in [-0.39, 0.29) is 23.1 Å². The molecule has 1 aliphatic heterocycles. The van der Waals surface area contributed by atoms with Crippen molar-refractivity contribution in [3.63, 3.8) is 0 Å². The minimum Gasteiger partial charge on any atom is -0.378 e. The number of nitrogens with one attached hydrogen (secondary N) is 1. The van der Waals surface area contributed by atoms with Crippen LogP contribution >= 0.6 is 0 Å². The van der Waals surface area contributed by atoms with Gasteiger partial charge in [-0.25, -0.2) is 13.8 Å². The summed E-state index contributed by atoms with van der Waals surface area (Å²) < 4.78 is 33.2. The van der Waals surface area contributed by atoms with Crippen LogP contribution < -0.4 is 5.32 Å². The van der Waals surface area contributed by atoms with Gasteiger partial charge in [0.25, 0.3) is 11.8 Å². The van der Waals surface area contributed by atoms with Crippen LogP contribution in [0.15, 0.2) is 42.6 Å². The number of hydrogen-bond donors (Lipinski definition) is 1. The first-order chi connectivity index (χ1) is 13.5. The average Bonchev–Trinajstić information content (AvgIpc) is 3.11. The Morgan fingerprint density at radius 2 is 1.86 bits per heavy atom. The first kappa shape index (κ1) is 18.1. The smallest absolute Gasteiger partial charge is 0.292 e. The minimum absolute atomic E-state index is 0.0306. The summed E-state index contributed by atoms with van der Waals surface area (Å²) in [6.07, 6.45) is 1.61. The molecule has 1 fully saturated rings. The summed E-state index contributed by atoms with van der Waals surface area (Å²) in [5.41, 5.74) is 0.713. The van der Waals surface area contributed by atoms with Gasteiger partial charge in [-0.15, -0.1) is 0 Å². The van der Waals surface area contributed by atoms with E-state index < -0.39 is 17.5 Å². The number of benzene rings is 1. The predicted octanol–water partition coefficient (Wildman–Crippen LogP) is 2.34. The van der Waals surface area contributed by atoms with Crippen LogP contribution in [-0.2, 0) is 4.74 Å². The molecule has 1 N–H and O–H groups in total. The summed E-state index contributed by atoms with van der Waals surface area (Å²) >= 11 is 0. The second kappa shape index (κ2) is 7.35. The van der Waals surface area contributed by atoms with Gasteiger partial charge in [-0.05, 0) is 24.3 Å². The highest BCUT2D eigenvalue weighted by Crippen LogP contribution is 2.18. The van der Waals surface area contributed by atoms with Crippen LogP contribution in [0.2, 0.25) is 0 Å². The summed E-state index contributed by atoms with van der Waals surface area (Å²) in [4.78, 5) is 31.4. The molecule has 3 aromatic rings. The fourth-order valence-electron chi connectivity index (χ4n) is 3.03. The molecular formula is C19H16F2N4O3. The monoisotopic (exact) mass is 386 g/mol. The van der Waals surface area contributed by atoms with Crippen molar-refractivity contribution >= 4 is 23.0 Å². The van der Waals surface area contributed by atoms with E-state index in [1.54, 1.807) is 29.3 Å². The van der Waals surface area contributed by atoms with Crippen molar-refractivity contribution in [3.05, 3.63) is 65.7 Å². The van der Waals surface area contributed by atoms with E-state index in [4.69, 9.17) is 4.74 Å². The Labute approximate surface area is 158 Å². The van der Waals surface area contributed by atoms with Gasteiger partial charge in [0, 0.05) is 31.0 Å². The maximum Gasteiger partial charge on any atom is 0.292 e. The first-order valence-electron chi connectivity index (χ1n) is 8.65. The van der Waals surface area contributed by atoms with Crippen molar-refractivity contribution in [2.75, 3.05) is 31.6 Å². The maximum absolute atomic E-state index is 13.4. The van der Waals surface area contributed by atoms with Crippen LogP contribution in [0.3, 0.4) is 0 Å². The predicted molar refractivity (Wildman–Crippen MR) is 96.2 cm³/mol. The average molecular weight is 386 g/mol. The van der Waals surface area contributed by atoms with E-state index in [9.17, 15) is 18.4 Å². The van der Waals surface area contributed by atoms with Gasteiger partial charge in [0.15, 0.2) is 17.3 Å². The van der Waals surface area contributed by atoms with E-state index in [2.05, 4.69) is 10.3 Å². The van der Waals surface area contributed by atoms with Crippen LogP contribution in [0.25, 0.3) is 5.52 Å². The lowest BCUT2D eigenvalue weighted by Crippen LogP contribution is -2.40. The van der Waals surface area contributed by atoms with Crippen LogP contribution in [0.5, 0.6) is 0 Å². The van der Waals surface area contributed by atoms with E-state index in [0.29, 0.717) is 31.8 Å². The Morgan fingerprint density at radius 1 is 1.07 bits per heavy atom. The molecule has 0 bridgehead atoms. The normalized spacial score (nSPS) is 14.3. The molecule has 9 heteroatoms. The van der Waals surface area contributed by atoms with E-state index in [0.717, 1.165) is 12.1 Å². The topological polar surface area (TPSA) is 75.9 Å². The third-order valence-corrected chi connectivity index (χ3v) is 4.43. The first-order valence-corrected chi connectivity index (χ1v) is 8.65. The standard InChI is InChI=1S/C19H16F2N4O3/c20-13-5-4-12(11-14(13)21)22-18(26)17-23-16(15-3-1-2-6-25(15)17)19(27)24-7-9-28-10-8-24/h1-6,11H,7-10H2,(H,22,26). The quantitative estimate of drug-likeness (QED) is 0.750. The fraction of sp³-hybridized carbons (Fsp3) is 0.211. The number of anilines is 1. The Hall–Kier alpha value is -3.33. The molecule has 1 aliphatic rings. The highest BCUT2D eigenvalue weighted by Gasteiger charge is 2.26. The number of nitrogens with zero attached hydrogens (tertiary/aromatic N) is 3. The van der Waals surface area contributed by atoms with Crippen molar-refractivity contribution in [3.8, 4) is 0 Å². The second-order valence-electron chi connectivity index (χ2n) is 6.23. The molecule has 144 valence electrons. The van der Waals surface area contributed by atoms with E-state index >= 15 is 0 Å². The number of imidazole rings is 1. The highest BCUT2D eigenvalue weighted by atomic mass is 19.2. The molecule has 28 heavy (non-hydrogen) atoms. The number of ether oxygens (including phenoxy) is 1. The molecule has 0 atom stereocenters. The Morgan fingerprint density at radius 3 is 2.61 bits per heavy atom. The van der Waals surface area contributed by atoms with Gasteiger partial charge >= 0.3 is 0 Å². The van der Waals surface area contributed by atoms with Crippen LogP contribution in [0.4, 0.5) is 14.5 Å². The van der Waals surface area contributed by atoms with Gasteiger partial charge in [0.2, 0.25) is 5.82 Å². The van der Waals surface area contributed by atoms with Crippen molar-refractivity contribution in [2.24, 2.45) is 0 Å². The maximum atomic E-state index is 13.4. The SMILES string of the molecule is O=C(Nc1ccc(F)c(F)c1)c1nc(C(=O)N2CCOCC2)c2ccccn12. The largest absolute Gasteiger partial charge is 0.378 e. The highest BCUT2D eigenvalue weighted by molar-refractivity contribution is 6.06. The molecule has 4 rings (SSSR count). The number of fused-ring (bicyclic) bond motifs is 1.